The van der Waals surface area contributed by atoms with E-state index in [4.69, 9.17) is 16.3 Å². The highest BCUT2D eigenvalue weighted by atomic mass is 35.5. The van der Waals surface area contributed by atoms with Crippen LogP contribution in [0, 0.1) is 0 Å². The van der Waals surface area contributed by atoms with Gasteiger partial charge in [-0.1, -0.05) is 35.9 Å². The maximum atomic E-state index is 6.42. The highest BCUT2D eigenvalue weighted by Gasteiger charge is 2.25. The van der Waals surface area contributed by atoms with Gasteiger partial charge in [0.15, 0.2) is 10.9 Å². The first kappa shape index (κ1) is 16.9. The maximum Gasteiger partial charge on any atom is 0.173 e. The molecular formula is C21H20ClN3O. The van der Waals surface area contributed by atoms with Crippen molar-refractivity contribution in [3.63, 3.8) is 0 Å². The smallest absolute Gasteiger partial charge is 0.173 e. The average Bonchev–Trinajstić information content (AvgIpc) is 2.71. The number of piperidine rings is 1. The third-order valence-electron chi connectivity index (χ3n) is 4.64. The monoisotopic (exact) mass is 365 g/mol. The third kappa shape index (κ3) is 3.65. The molecule has 4 rings (SSSR count). The van der Waals surface area contributed by atoms with Gasteiger partial charge < -0.3 is 9.64 Å². The Morgan fingerprint density at radius 3 is 2.65 bits per heavy atom. The van der Waals surface area contributed by atoms with E-state index in [0.717, 1.165) is 31.0 Å². The van der Waals surface area contributed by atoms with Crippen molar-refractivity contribution < 1.29 is 4.74 Å². The molecule has 4 nitrogen and oxygen atoms in total. The number of hydrogen-bond acceptors (Lipinski definition) is 4. The summed E-state index contributed by atoms with van der Waals surface area (Å²) in [5.74, 6) is 2.19. The van der Waals surface area contributed by atoms with Crippen molar-refractivity contribution >= 4 is 17.4 Å². The molecule has 1 aromatic carbocycles. The topological polar surface area (TPSA) is 38.2 Å². The lowest BCUT2D eigenvalue weighted by Gasteiger charge is -2.37. The van der Waals surface area contributed by atoms with Gasteiger partial charge in [-0.15, -0.1) is 0 Å². The Kier molecular flexibility index (Phi) is 5.02. The van der Waals surface area contributed by atoms with Crippen molar-refractivity contribution in [1.82, 2.24) is 9.97 Å². The van der Waals surface area contributed by atoms with Gasteiger partial charge in [-0.3, -0.25) is 4.98 Å². The largest absolute Gasteiger partial charge is 0.454 e. The number of rotatable bonds is 4. The molecule has 1 aliphatic rings. The summed E-state index contributed by atoms with van der Waals surface area (Å²) in [5, 5.41) is 0.377. The van der Waals surface area contributed by atoms with E-state index in [0.29, 0.717) is 10.9 Å². The molecule has 3 heterocycles. The lowest BCUT2D eigenvalue weighted by Crippen LogP contribution is -2.34. The van der Waals surface area contributed by atoms with Crippen LogP contribution in [-0.2, 0) is 0 Å². The first-order chi connectivity index (χ1) is 12.8. The molecule has 0 amide bonds. The molecule has 0 aliphatic carbocycles. The summed E-state index contributed by atoms with van der Waals surface area (Å²) in [4.78, 5) is 11.2. The number of pyridine rings is 2. The second-order valence-corrected chi connectivity index (χ2v) is 6.72. The zero-order valence-corrected chi connectivity index (χ0v) is 15.1. The van der Waals surface area contributed by atoms with E-state index in [2.05, 4.69) is 20.9 Å². The quantitative estimate of drug-likeness (QED) is 0.559. The van der Waals surface area contributed by atoms with Crippen molar-refractivity contribution in [3.05, 3.63) is 77.7 Å². The first-order valence-electron chi connectivity index (χ1n) is 8.87. The molecule has 1 atom stereocenters. The van der Waals surface area contributed by atoms with Crippen LogP contribution < -0.4 is 9.64 Å². The first-order valence-corrected chi connectivity index (χ1v) is 9.25. The van der Waals surface area contributed by atoms with Crippen LogP contribution in [0.5, 0.6) is 11.5 Å². The Morgan fingerprint density at radius 2 is 1.88 bits per heavy atom. The van der Waals surface area contributed by atoms with E-state index in [1.54, 1.807) is 0 Å². The number of hydrogen-bond donors (Lipinski definition) is 0. The Balaban J connectivity index is 1.59. The maximum absolute atomic E-state index is 6.42. The Bertz CT molecular complexity index is 858. The Labute approximate surface area is 158 Å². The number of halogens is 1. The minimum Gasteiger partial charge on any atom is -0.454 e. The average molecular weight is 366 g/mol. The van der Waals surface area contributed by atoms with Crippen LogP contribution in [0.15, 0.2) is 67.0 Å². The summed E-state index contributed by atoms with van der Waals surface area (Å²) in [6.45, 7) is 0.960. The number of benzene rings is 1. The van der Waals surface area contributed by atoms with Crippen molar-refractivity contribution in [2.24, 2.45) is 0 Å². The zero-order chi connectivity index (χ0) is 17.8. The molecule has 1 unspecified atom stereocenters. The van der Waals surface area contributed by atoms with Crippen molar-refractivity contribution in [3.8, 4) is 11.5 Å². The molecule has 0 spiro atoms. The molecule has 0 bridgehead atoms. The van der Waals surface area contributed by atoms with Crippen molar-refractivity contribution in [2.75, 3.05) is 11.4 Å². The van der Waals surface area contributed by atoms with Gasteiger partial charge in [0.25, 0.3) is 0 Å². The molecule has 1 aliphatic heterocycles. The minimum absolute atomic E-state index is 0.280. The molecular weight excluding hydrogens is 346 g/mol. The van der Waals surface area contributed by atoms with Crippen molar-refractivity contribution in [2.45, 2.75) is 25.3 Å². The van der Waals surface area contributed by atoms with Gasteiger partial charge in [-0.2, -0.15) is 0 Å². The molecule has 5 heteroatoms. The van der Waals surface area contributed by atoms with Crippen LogP contribution in [0.25, 0.3) is 0 Å². The molecule has 1 saturated heterocycles. The van der Waals surface area contributed by atoms with E-state index in [9.17, 15) is 0 Å². The number of anilines is 1. The molecule has 3 aromatic rings. The van der Waals surface area contributed by atoms with Crippen LogP contribution in [0.4, 0.5) is 5.82 Å². The summed E-state index contributed by atoms with van der Waals surface area (Å²) in [6.07, 6.45) is 7.20. The zero-order valence-electron chi connectivity index (χ0n) is 14.4. The summed E-state index contributed by atoms with van der Waals surface area (Å²) in [5.41, 5.74) is 1.22. The highest BCUT2D eigenvalue weighted by Crippen LogP contribution is 2.36. The van der Waals surface area contributed by atoms with E-state index >= 15 is 0 Å². The van der Waals surface area contributed by atoms with E-state index < -0.39 is 0 Å². The predicted molar refractivity (Wildman–Crippen MR) is 104 cm³/mol. The van der Waals surface area contributed by atoms with Crippen LogP contribution in [0.3, 0.4) is 0 Å². The lowest BCUT2D eigenvalue weighted by molar-refractivity contribution is 0.464. The van der Waals surface area contributed by atoms with E-state index in [1.165, 1.54) is 12.0 Å². The van der Waals surface area contributed by atoms with E-state index in [1.807, 2.05) is 60.9 Å². The molecule has 0 N–H and O–H groups in total. The van der Waals surface area contributed by atoms with Gasteiger partial charge in [-0.05, 0) is 55.2 Å². The van der Waals surface area contributed by atoms with Crippen LogP contribution in [-0.4, -0.2) is 16.5 Å². The third-order valence-corrected chi connectivity index (χ3v) is 4.91. The van der Waals surface area contributed by atoms with Gasteiger partial charge in [0.1, 0.15) is 11.6 Å². The van der Waals surface area contributed by atoms with Crippen LogP contribution in [0.1, 0.15) is 30.9 Å². The second kappa shape index (κ2) is 7.75. The summed E-state index contributed by atoms with van der Waals surface area (Å²) >= 11 is 6.42. The fourth-order valence-electron chi connectivity index (χ4n) is 3.39. The highest BCUT2D eigenvalue weighted by molar-refractivity contribution is 6.31. The summed E-state index contributed by atoms with van der Waals surface area (Å²) in [7, 11) is 0. The molecule has 0 saturated carbocycles. The lowest BCUT2D eigenvalue weighted by atomic mass is 9.96. The van der Waals surface area contributed by atoms with E-state index in [-0.39, 0.29) is 6.04 Å². The normalized spacial score (nSPS) is 17.1. The number of para-hydroxylation sites is 1. The van der Waals surface area contributed by atoms with Crippen LogP contribution >= 0.6 is 11.6 Å². The molecule has 132 valence electrons. The van der Waals surface area contributed by atoms with Gasteiger partial charge in [0, 0.05) is 18.9 Å². The molecule has 0 radical (unpaired) electrons. The second-order valence-electron chi connectivity index (χ2n) is 6.36. The number of nitrogens with zero attached hydrogens (tertiary/aromatic N) is 3. The summed E-state index contributed by atoms with van der Waals surface area (Å²) < 4.78 is 5.84. The Hall–Kier alpha value is -2.59. The SMILES string of the molecule is Clc1nc(N2CCCCC2c2cccnc2)ccc1Oc1ccccc1. The van der Waals surface area contributed by atoms with Gasteiger partial charge in [-0.25, -0.2) is 4.98 Å². The molecule has 1 fully saturated rings. The molecule has 26 heavy (non-hydrogen) atoms. The fraction of sp³-hybridized carbons (Fsp3) is 0.238. The predicted octanol–water partition coefficient (Wildman–Crippen LogP) is 5.65. The summed E-state index contributed by atoms with van der Waals surface area (Å²) in [6, 6.07) is 17.9. The number of aromatic nitrogens is 2. The number of ether oxygens (including phenoxy) is 1. The fourth-order valence-corrected chi connectivity index (χ4v) is 3.58. The van der Waals surface area contributed by atoms with Gasteiger partial charge in [0.2, 0.25) is 0 Å². The van der Waals surface area contributed by atoms with Gasteiger partial charge in [0.05, 0.1) is 6.04 Å². The minimum atomic E-state index is 0.280. The standard InChI is InChI=1S/C21H20ClN3O/c22-21-19(26-17-8-2-1-3-9-17)11-12-20(24-21)25-14-5-4-10-18(25)16-7-6-13-23-15-16/h1-3,6-9,11-13,15,18H,4-5,10,14H2. The van der Waals surface area contributed by atoms with Crippen LogP contribution in [0.2, 0.25) is 5.15 Å². The molecule has 2 aromatic heterocycles. The Morgan fingerprint density at radius 1 is 1.00 bits per heavy atom. The van der Waals surface area contributed by atoms with Gasteiger partial charge >= 0.3 is 0 Å². The van der Waals surface area contributed by atoms with Crippen molar-refractivity contribution in [1.29, 1.82) is 0 Å².